The van der Waals surface area contributed by atoms with Crippen LogP contribution in [-0.2, 0) is 43.3 Å². The molecule has 1 N–H and O–H groups in total. The van der Waals surface area contributed by atoms with E-state index in [0.29, 0.717) is 0 Å². The van der Waals surface area contributed by atoms with Crippen LogP contribution in [0, 0.1) is 0 Å². The first-order chi connectivity index (χ1) is 35.1. The summed E-state index contributed by atoms with van der Waals surface area (Å²) in [5.74, 6) is 0. The summed E-state index contributed by atoms with van der Waals surface area (Å²) in [6.07, 6.45) is 7.08. The average molecular weight is 984 g/mol. The zero-order valence-electron chi connectivity index (χ0n) is 48.2. The number of rotatable bonds is 4. The molecule has 13 rings (SSSR count). The predicted octanol–water partition coefficient (Wildman–Crippen LogP) is 18.2. The molecule has 6 aliphatic rings. The molecular formula is C72H80BN2. The Balaban J connectivity index is 1.14. The number of nitrogens with zero attached hydrogens (tertiary/aromatic N) is 1. The van der Waals surface area contributed by atoms with Crippen molar-refractivity contribution in [3.63, 3.8) is 0 Å². The van der Waals surface area contributed by atoms with Gasteiger partial charge in [-0.25, -0.2) is 0 Å². The molecule has 7 aromatic carbocycles. The Morgan fingerprint density at radius 2 is 0.853 bits per heavy atom. The van der Waals surface area contributed by atoms with Gasteiger partial charge in [0, 0.05) is 50.4 Å². The molecule has 2 nitrogen and oxygen atoms in total. The number of benzene rings is 7. The highest BCUT2D eigenvalue weighted by atomic mass is 15.2. The molecule has 1 aliphatic heterocycles. The number of nitrogens with one attached hydrogen (secondary N) is 1. The normalized spacial score (nSPS) is 21.1. The van der Waals surface area contributed by atoms with Gasteiger partial charge in [0.25, 0.3) is 0 Å². The quantitative estimate of drug-likeness (QED) is 0.177. The van der Waals surface area contributed by atoms with E-state index in [1.807, 2.05) is 0 Å². The fraction of sp³-hybridized carbons (Fsp3) is 0.417. The standard InChI is InChI=1S/C72H80BN2/c1-65(2)29-31-67(5,6)54-35-42(25-27-51(54)65)74-60-39-46-44-21-17-19-23-49(44)71(13,14)53(46)37-47(60)48-38-58-62(45-22-18-20-24-50(45)72(58,15)16)64-63(48)73-59-40-56-57(70(11,12)34-33-69(56,9)10)41-61(59)75(64)43-26-28-52-55(36-43)68(7,8)32-30-66(52,3)4/h17-28,35-41,74H,29-34H2,1-16H3. The zero-order chi connectivity index (χ0) is 52.9. The minimum atomic E-state index is -0.248. The molecule has 7 aromatic rings. The van der Waals surface area contributed by atoms with Crippen LogP contribution in [0.1, 0.15) is 205 Å². The van der Waals surface area contributed by atoms with Crippen LogP contribution >= 0.6 is 0 Å². The van der Waals surface area contributed by atoms with Crippen LogP contribution in [-0.4, -0.2) is 7.28 Å². The predicted molar refractivity (Wildman–Crippen MR) is 322 cm³/mol. The Morgan fingerprint density at radius 3 is 1.47 bits per heavy atom. The fourth-order valence-corrected chi connectivity index (χ4v) is 15.5. The molecule has 0 aromatic heterocycles. The van der Waals surface area contributed by atoms with Gasteiger partial charge in [0.05, 0.1) is 0 Å². The van der Waals surface area contributed by atoms with Crippen molar-refractivity contribution in [3.8, 4) is 33.4 Å². The molecule has 0 fully saturated rings. The van der Waals surface area contributed by atoms with Crippen molar-refractivity contribution >= 4 is 46.6 Å². The molecule has 0 saturated carbocycles. The Morgan fingerprint density at radius 1 is 0.373 bits per heavy atom. The third kappa shape index (κ3) is 6.96. The van der Waals surface area contributed by atoms with Gasteiger partial charge in [-0.3, -0.25) is 0 Å². The molecule has 0 unspecified atom stereocenters. The van der Waals surface area contributed by atoms with E-state index in [0.717, 1.165) is 11.4 Å². The zero-order valence-corrected chi connectivity index (χ0v) is 48.2. The van der Waals surface area contributed by atoms with E-state index in [1.54, 1.807) is 0 Å². The summed E-state index contributed by atoms with van der Waals surface area (Å²) in [7, 11) is 2.62. The van der Waals surface area contributed by atoms with E-state index in [-0.39, 0.29) is 43.3 Å². The molecule has 75 heavy (non-hydrogen) atoms. The summed E-state index contributed by atoms with van der Waals surface area (Å²) < 4.78 is 0. The summed E-state index contributed by atoms with van der Waals surface area (Å²) in [6.45, 7) is 39.4. The molecule has 3 heteroatoms. The molecule has 1 radical (unpaired) electrons. The second kappa shape index (κ2) is 15.4. The smallest absolute Gasteiger partial charge is 0.197 e. The van der Waals surface area contributed by atoms with Crippen LogP contribution < -0.4 is 21.1 Å². The lowest BCUT2D eigenvalue weighted by atomic mass is 9.54. The summed E-state index contributed by atoms with van der Waals surface area (Å²) >= 11 is 0. The van der Waals surface area contributed by atoms with Crippen molar-refractivity contribution in [3.05, 3.63) is 171 Å². The lowest BCUT2D eigenvalue weighted by Crippen LogP contribution is -2.44. The monoisotopic (exact) mass is 984 g/mol. The summed E-state index contributed by atoms with van der Waals surface area (Å²) in [5, 5.41) is 4.23. The van der Waals surface area contributed by atoms with Gasteiger partial charge in [0.1, 0.15) is 0 Å². The van der Waals surface area contributed by atoms with Gasteiger partial charge < -0.3 is 10.2 Å². The van der Waals surface area contributed by atoms with Gasteiger partial charge in [-0.2, -0.15) is 0 Å². The van der Waals surface area contributed by atoms with Crippen molar-refractivity contribution in [2.45, 2.75) is 193 Å². The van der Waals surface area contributed by atoms with Crippen LogP contribution in [0.5, 0.6) is 0 Å². The Labute approximate surface area is 451 Å². The molecule has 381 valence electrons. The molecule has 0 atom stereocenters. The molecule has 0 spiro atoms. The minimum absolute atomic E-state index is 0.0447. The molecule has 5 aliphatic carbocycles. The highest BCUT2D eigenvalue weighted by Gasteiger charge is 2.46. The van der Waals surface area contributed by atoms with E-state index < -0.39 is 0 Å². The molecule has 0 amide bonds. The first-order valence-corrected chi connectivity index (χ1v) is 28.6. The first-order valence-electron chi connectivity index (χ1n) is 28.6. The van der Waals surface area contributed by atoms with E-state index in [4.69, 9.17) is 0 Å². The Hall–Kier alpha value is -5.80. The number of hydrogen-bond acceptors (Lipinski definition) is 2. The second-order valence-electron chi connectivity index (χ2n) is 29.2. The molecule has 1 heterocycles. The van der Waals surface area contributed by atoms with Gasteiger partial charge in [0.2, 0.25) is 0 Å². The summed E-state index contributed by atoms with van der Waals surface area (Å²) in [4.78, 5) is 2.76. The van der Waals surface area contributed by atoms with Crippen molar-refractivity contribution < 1.29 is 0 Å². The Kier molecular flexibility index (Phi) is 10.1. The highest BCUT2D eigenvalue weighted by Crippen LogP contribution is 2.59. The Bertz CT molecular complexity index is 3620. The highest BCUT2D eigenvalue weighted by molar-refractivity contribution is 6.73. The maximum atomic E-state index is 4.23. The van der Waals surface area contributed by atoms with Crippen molar-refractivity contribution in [2.24, 2.45) is 0 Å². The summed E-state index contributed by atoms with van der Waals surface area (Å²) in [6, 6.07) is 46.5. The summed E-state index contributed by atoms with van der Waals surface area (Å²) in [5.41, 5.74) is 31.3. The third-order valence-electron chi connectivity index (χ3n) is 20.9. The van der Waals surface area contributed by atoms with E-state index in [9.17, 15) is 0 Å². The second-order valence-corrected chi connectivity index (χ2v) is 29.2. The minimum Gasteiger partial charge on any atom is -0.355 e. The topological polar surface area (TPSA) is 15.3 Å². The van der Waals surface area contributed by atoms with Crippen molar-refractivity contribution in [1.29, 1.82) is 0 Å². The maximum Gasteiger partial charge on any atom is 0.197 e. The van der Waals surface area contributed by atoms with Gasteiger partial charge in [-0.15, -0.1) is 0 Å². The average Bonchev–Trinajstić information content (AvgIpc) is 3.79. The van der Waals surface area contributed by atoms with Crippen molar-refractivity contribution in [2.75, 3.05) is 10.2 Å². The lowest BCUT2D eigenvalue weighted by Gasteiger charge is -2.45. The van der Waals surface area contributed by atoms with Crippen molar-refractivity contribution in [1.82, 2.24) is 0 Å². The van der Waals surface area contributed by atoms with Crippen LogP contribution in [0.4, 0.5) is 28.4 Å². The molecule has 0 bridgehead atoms. The van der Waals surface area contributed by atoms with E-state index in [2.05, 4.69) is 244 Å². The maximum absolute atomic E-state index is 4.23. The molecule has 0 saturated heterocycles. The largest absolute Gasteiger partial charge is 0.355 e. The molecular weight excluding hydrogens is 904 g/mol. The van der Waals surface area contributed by atoms with Gasteiger partial charge in [-0.05, 0) is 203 Å². The van der Waals surface area contributed by atoms with Gasteiger partial charge in [0.15, 0.2) is 7.28 Å². The van der Waals surface area contributed by atoms with Gasteiger partial charge >= 0.3 is 0 Å². The number of hydrogen-bond donors (Lipinski definition) is 1. The van der Waals surface area contributed by atoms with Crippen LogP contribution in [0.25, 0.3) is 33.4 Å². The lowest BCUT2D eigenvalue weighted by molar-refractivity contribution is 0.332. The van der Waals surface area contributed by atoms with E-state index >= 15 is 0 Å². The van der Waals surface area contributed by atoms with Crippen LogP contribution in [0.3, 0.4) is 0 Å². The van der Waals surface area contributed by atoms with Gasteiger partial charge in [-0.1, -0.05) is 183 Å². The third-order valence-corrected chi connectivity index (χ3v) is 20.9. The van der Waals surface area contributed by atoms with Crippen LogP contribution in [0.2, 0.25) is 0 Å². The SMILES string of the molecule is CC1(C)CCC(C)(C)c2cc(Nc3cc4c(cc3-c3cc5c(c6c3[B]c3cc7c(cc3N6c3ccc6c(c3)C(C)(C)CCC6(C)C)C(C)(C)CCC7(C)C)-c3ccccc3C5(C)C)C(C)(C)c3ccccc3-4)ccc21. The number of anilines is 5. The van der Waals surface area contributed by atoms with Crippen LogP contribution in [0.15, 0.2) is 115 Å². The number of fused-ring (bicyclic) bond motifs is 12. The van der Waals surface area contributed by atoms with E-state index in [1.165, 1.54) is 156 Å². The first kappa shape index (κ1) is 48.8. The fourth-order valence-electron chi connectivity index (χ4n) is 15.5.